The average Bonchev–Trinajstić information content (AvgIpc) is 3.06. The highest BCUT2D eigenvalue weighted by molar-refractivity contribution is 6.08. The number of amides is 1. The summed E-state index contributed by atoms with van der Waals surface area (Å²) in [5.41, 5.74) is 3.14. The van der Waals surface area contributed by atoms with Crippen LogP contribution in [0.5, 0.6) is 11.5 Å². The van der Waals surface area contributed by atoms with Crippen LogP contribution in [0.2, 0.25) is 0 Å². The Hall–Kier alpha value is -3.28. The molecule has 0 atom stereocenters. The Balaban J connectivity index is 1.71. The number of rotatable bonds is 2. The third kappa shape index (κ3) is 2.69. The van der Waals surface area contributed by atoms with Gasteiger partial charge in [-0.3, -0.25) is 4.79 Å². The molecule has 2 N–H and O–H groups in total. The summed E-state index contributed by atoms with van der Waals surface area (Å²) in [4.78, 5) is 19.0. The molecule has 0 bridgehead atoms. The van der Waals surface area contributed by atoms with E-state index >= 15 is 0 Å². The number of hydrogen-bond donors (Lipinski definition) is 2. The van der Waals surface area contributed by atoms with Gasteiger partial charge < -0.3 is 19.7 Å². The number of benzene rings is 2. The van der Waals surface area contributed by atoms with Crippen LogP contribution < -0.4 is 4.90 Å². The highest BCUT2D eigenvalue weighted by Crippen LogP contribution is 2.33. The molecule has 0 saturated heterocycles. The Morgan fingerprint density at radius 3 is 2.73 bits per heavy atom. The number of phenolic OH excluding ortho intramolecular Hbond substituents is 2. The standard InChI is InChI=1S/C20H19N3O3/c1-22-10-8-21-19(22)14-4-7-17-13(11-14)3-2-9-23(17)20(26)16-6-5-15(24)12-18(16)25/h4-8,10-12,24-25H,2-3,9H2,1H3. The summed E-state index contributed by atoms with van der Waals surface area (Å²) in [7, 11) is 1.95. The maximum absolute atomic E-state index is 12.9. The third-order valence-electron chi connectivity index (χ3n) is 4.73. The van der Waals surface area contributed by atoms with Crippen LogP contribution in [-0.2, 0) is 13.5 Å². The molecule has 3 aromatic rings. The van der Waals surface area contributed by atoms with Gasteiger partial charge in [0, 0.05) is 43.3 Å². The number of carbonyl (C=O) groups excluding carboxylic acids is 1. The van der Waals surface area contributed by atoms with Crippen LogP contribution in [0.15, 0.2) is 48.8 Å². The molecule has 6 heteroatoms. The van der Waals surface area contributed by atoms with E-state index in [1.54, 1.807) is 11.1 Å². The molecule has 132 valence electrons. The van der Waals surface area contributed by atoms with Gasteiger partial charge in [0.15, 0.2) is 0 Å². The van der Waals surface area contributed by atoms with Crippen molar-refractivity contribution in [2.45, 2.75) is 12.8 Å². The zero-order valence-corrected chi connectivity index (χ0v) is 14.4. The summed E-state index contributed by atoms with van der Waals surface area (Å²) < 4.78 is 1.96. The van der Waals surface area contributed by atoms with E-state index in [4.69, 9.17) is 0 Å². The van der Waals surface area contributed by atoms with Crippen molar-refractivity contribution >= 4 is 11.6 Å². The van der Waals surface area contributed by atoms with E-state index in [0.717, 1.165) is 35.5 Å². The molecule has 6 nitrogen and oxygen atoms in total. The van der Waals surface area contributed by atoms with E-state index in [0.29, 0.717) is 6.54 Å². The number of imidazole rings is 1. The van der Waals surface area contributed by atoms with E-state index in [1.165, 1.54) is 18.2 Å². The van der Waals surface area contributed by atoms with Crippen LogP contribution in [0.25, 0.3) is 11.4 Å². The first-order valence-electron chi connectivity index (χ1n) is 8.49. The van der Waals surface area contributed by atoms with E-state index in [9.17, 15) is 15.0 Å². The van der Waals surface area contributed by atoms with Gasteiger partial charge in [-0.05, 0) is 48.7 Å². The molecular weight excluding hydrogens is 330 g/mol. The summed E-state index contributed by atoms with van der Waals surface area (Å²) in [5.74, 6) is 0.324. The summed E-state index contributed by atoms with van der Waals surface area (Å²) in [6, 6.07) is 10.0. The Kier molecular flexibility index (Phi) is 3.88. The first-order valence-corrected chi connectivity index (χ1v) is 8.49. The second kappa shape index (κ2) is 6.22. The number of phenols is 2. The zero-order chi connectivity index (χ0) is 18.3. The molecule has 0 spiro atoms. The lowest BCUT2D eigenvalue weighted by atomic mass is 9.98. The van der Waals surface area contributed by atoms with Crippen LogP contribution in [0.4, 0.5) is 5.69 Å². The molecule has 1 aromatic heterocycles. The van der Waals surface area contributed by atoms with Gasteiger partial charge in [0.1, 0.15) is 17.3 Å². The first kappa shape index (κ1) is 16.2. The summed E-state index contributed by atoms with van der Waals surface area (Å²) >= 11 is 0. The predicted octanol–water partition coefficient (Wildman–Crippen LogP) is 3.09. The normalized spacial score (nSPS) is 13.5. The number of nitrogens with zero attached hydrogens (tertiary/aromatic N) is 3. The summed E-state index contributed by atoms with van der Waals surface area (Å²) in [5, 5.41) is 19.5. The molecule has 0 radical (unpaired) electrons. The summed E-state index contributed by atoms with van der Waals surface area (Å²) in [6.07, 6.45) is 5.40. The van der Waals surface area contributed by atoms with Crippen LogP contribution in [-0.4, -0.2) is 32.2 Å². The lowest BCUT2D eigenvalue weighted by Crippen LogP contribution is -2.35. The average molecular weight is 349 g/mol. The minimum absolute atomic E-state index is 0.0715. The van der Waals surface area contributed by atoms with Crippen molar-refractivity contribution in [3.63, 3.8) is 0 Å². The molecule has 0 fully saturated rings. The van der Waals surface area contributed by atoms with Gasteiger partial charge in [-0.15, -0.1) is 0 Å². The number of anilines is 1. The SMILES string of the molecule is Cn1ccnc1-c1ccc2c(c1)CCCN2C(=O)c1ccc(O)cc1O. The van der Waals surface area contributed by atoms with Crippen molar-refractivity contribution < 1.29 is 15.0 Å². The van der Waals surface area contributed by atoms with Gasteiger partial charge in [-0.25, -0.2) is 4.98 Å². The minimum Gasteiger partial charge on any atom is -0.508 e. The number of aromatic nitrogens is 2. The van der Waals surface area contributed by atoms with E-state index in [2.05, 4.69) is 11.1 Å². The maximum atomic E-state index is 12.9. The highest BCUT2D eigenvalue weighted by atomic mass is 16.3. The van der Waals surface area contributed by atoms with Crippen molar-refractivity contribution in [1.82, 2.24) is 9.55 Å². The molecule has 4 rings (SSSR count). The highest BCUT2D eigenvalue weighted by Gasteiger charge is 2.26. The van der Waals surface area contributed by atoms with Crippen molar-refractivity contribution in [3.8, 4) is 22.9 Å². The second-order valence-corrected chi connectivity index (χ2v) is 6.47. The van der Waals surface area contributed by atoms with Crippen molar-refractivity contribution in [1.29, 1.82) is 0 Å². The third-order valence-corrected chi connectivity index (χ3v) is 4.73. The van der Waals surface area contributed by atoms with Gasteiger partial charge >= 0.3 is 0 Å². The minimum atomic E-state index is -0.270. The summed E-state index contributed by atoms with van der Waals surface area (Å²) in [6.45, 7) is 0.591. The fourth-order valence-corrected chi connectivity index (χ4v) is 3.44. The van der Waals surface area contributed by atoms with Crippen LogP contribution in [0, 0.1) is 0 Å². The molecule has 1 aliphatic rings. The molecular formula is C20H19N3O3. The second-order valence-electron chi connectivity index (χ2n) is 6.47. The van der Waals surface area contributed by atoms with Gasteiger partial charge in [-0.2, -0.15) is 0 Å². The number of fused-ring (bicyclic) bond motifs is 1. The lowest BCUT2D eigenvalue weighted by Gasteiger charge is -2.30. The maximum Gasteiger partial charge on any atom is 0.262 e. The molecule has 0 saturated carbocycles. The number of aromatic hydroxyl groups is 2. The van der Waals surface area contributed by atoms with Crippen LogP contribution >= 0.6 is 0 Å². The van der Waals surface area contributed by atoms with Crippen LogP contribution in [0.1, 0.15) is 22.3 Å². The smallest absolute Gasteiger partial charge is 0.262 e. The molecule has 26 heavy (non-hydrogen) atoms. The Bertz CT molecular complexity index is 994. The fourth-order valence-electron chi connectivity index (χ4n) is 3.44. The number of aryl methyl sites for hydroxylation is 2. The first-order chi connectivity index (χ1) is 12.5. The molecule has 0 aliphatic carbocycles. The van der Waals surface area contributed by atoms with Crippen molar-refractivity contribution in [2.24, 2.45) is 7.05 Å². The molecule has 2 heterocycles. The fraction of sp³-hybridized carbons (Fsp3) is 0.200. The Morgan fingerprint density at radius 2 is 2.00 bits per heavy atom. The largest absolute Gasteiger partial charge is 0.508 e. The molecule has 0 unspecified atom stereocenters. The van der Waals surface area contributed by atoms with Crippen LogP contribution in [0.3, 0.4) is 0 Å². The lowest BCUT2D eigenvalue weighted by molar-refractivity contribution is 0.0982. The molecule has 1 aliphatic heterocycles. The zero-order valence-electron chi connectivity index (χ0n) is 14.4. The van der Waals surface area contributed by atoms with E-state index in [-0.39, 0.29) is 23.0 Å². The van der Waals surface area contributed by atoms with E-state index < -0.39 is 0 Å². The van der Waals surface area contributed by atoms with Crippen molar-refractivity contribution in [3.05, 3.63) is 59.9 Å². The predicted molar refractivity (Wildman–Crippen MR) is 98.4 cm³/mol. The Morgan fingerprint density at radius 1 is 1.15 bits per heavy atom. The number of carbonyl (C=O) groups is 1. The van der Waals surface area contributed by atoms with Crippen molar-refractivity contribution in [2.75, 3.05) is 11.4 Å². The van der Waals surface area contributed by atoms with Gasteiger partial charge in [-0.1, -0.05) is 0 Å². The quantitative estimate of drug-likeness (QED) is 0.745. The van der Waals surface area contributed by atoms with Gasteiger partial charge in [0.05, 0.1) is 5.56 Å². The van der Waals surface area contributed by atoms with Gasteiger partial charge in [0.25, 0.3) is 5.91 Å². The topological polar surface area (TPSA) is 78.6 Å². The monoisotopic (exact) mass is 349 g/mol. The molecule has 1 amide bonds. The van der Waals surface area contributed by atoms with E-state index in [1.807, 2.05) is 29.9 Å². The molecule has 2 aromatic carbocycles. The number of hydrogen-bond acceptors (Lipinski definition) is 4. The Labute approximate surface area is 151 Å². The van der Waals surface area contributed by atoms with Gasteiger partial charge in [0.2, 0.25) is 0 Å².